The molecule has 0 aliphatic heterocycles. The maximum absolute atomic E-state index is 3.36. The summed E-state index contributed by atoms with van der Waals surface area (Å²) >= 11 is 0. The minimum absolute atomic E-state index is 0. The first kappa shape index (κ1) is 90.7. The van der Waals surface area contributed by atoms with Gasteiger partial charge >= 0.3 is 0 Å². The van der Waals surface area contributed by atoms with Gasteiger partial charge in [0, 0.05) is 0 Å². The molecule has 4 aliphatic rings. The highest BCUT2D eigenvalue weighted by atomic mass is 14.4. The minimum atomic E-state index is 0. The molecule has 0 atom stereocenters. The summed E-state index contributed by atoms with van der Waals surface area (Å²) in [6.07, 6.45) is 23.7. The smallest absolute Gasteiger partial charge is 0.0132 e. The van der Waals surface area contributed by atoms with Crippen LogP contribution >= 0.6 is 0 Å². The minimum Gasteiger partial charge on any atom is -0.103 e. The molecular weight excluding hydrogens is 829 g/mol. The number of allylic oxidation sites excluding steroid dienone is 1. The van der Waals surface area contributed by atoms with Gasteiger partial charge in [-0.2, -0.15) is 0 Å². The molecule has 0 nitrogen and oxygen atoms in total. The third kappa shape index (κ3) is 71.3. The maximum atomic E-state index is 3.36. The molecule has 0 N–H and O–H groups in total. The van der Waals surface area contributed by atoms with Crippen LogP contribution in [0.2, 0.25) is 0 Å². The Morgan fingerprint density at radius 3 is 0.710 bits per heavy atom. The van der Waals surface area contributed by atoms with Crippen LogP contribution in [0.4, 0.5) is 0 Å². The van der Waals surface area contributed by atoms with Crippen molar-refractivity contribution in [2.24, 2.45) is 57.2 Å². The predicted octanol–water partition coefficient (Wildman–Crippen LogP) is 26.8. The van der Waals surface area contributed by atoms with E-state index in [1.165, 1.54) is 102 Å². The van der Waals surface area contributed by atoms with Crippen LogP contribution in [0.1, 0.15) is 345 Å². The zero-order chi connectivity index (χ0) is 56.4. The highest BCUT2D eigenvalue weighted by Crippen LogP contribution is 2.44. The maximum Gasteiger partial charge on any atom is -0.0132 e. The van der Waals surface area contributed by atoms with Crippen molar-refractivity contribution in [3.8, 4) is 0 Å². The van der Waals surface area contributed by atoms with E-state index in [0.717, 1.165) is 35.5 Å². The van der Waals surface area contributed by atoms with Crippen LogP contribution in [-0.2, 0) is 5.41 Å². The van der Waals surface area contributed by atoms with Gasteiger partial charge in [-0.25, -0.2) is 0 Å². The molecule has 0 unspecified atom stereocenters. The molecule has 0 radical (unpaired) electrons. The fraction of sp³-hybridized carbons (Fsp3) is 0.884. The van der Waals surface area contributed by atoms with Crippen LogP contribution in [0.15, 0.2) is 43.0 Å². The average molecular weight is 980 g/mol. The highest BCUT2D eigenvalue weighted by Gasteiger charge is 2.33. The number of benzene rings is 1. The van der Waals surface area contributed by atoms with E-state index in [9.17, 15) is 0 Å². The fourth-order valence-electron chi connectivity index (χ4n) is 6.92. The molecule has 4 aliphatic carbocycles. The van der Waals surface area contributed by atoms with E-state index in [2.05, 4.69) is 182 Å². The molecule has 0 bridgehead atoms. The van der Waals surface area contributed by atoms with Crippen molar-refractivity contribution in [1.29, 1.82) is 0 Å². The summed E-state index contributed by atoms with van der Waals surface area (Å²) in [5, 5.41) is 0. The number of hydrogen-bond donors (Lipinski definition) is 0. The Morgan fingerprint density at radius 1 is 0.420 bits per heavy atom. The molecule has 0 aromatic heterocycles. The van der Waals surface area contributed by atoms with Crippen LogP contribution in [0.3, 0.4) is 0 Å². The Hall–Kier alpha value is -1.04. The predicted molar refractivity (Wildman–Crippen MR) is 338 cm³/mol. The lowest BCUT2D eigenvalue weighted by Gasteiger charge is -2.37. The molecule has 1 aromatic carbocycles. The van der Waals surface area contributed by atoms with Crippen molar-refractivity contribution in [2.75, 3.05) is 0 Å². The first-order chi connectivity index (χ1) is 31.4. The van der Waals surface area contributed by atoms with Crippen LogP contribution in [0, 0.1) is 57.2 Å². The largest absolute Gasteiger partial charge is 0.103 e. The molecule has 1 aromatic rings. The second-order valence-electron chi connectivity index (χ2n) is 24.2. The highest BCUT2D eigenvalue weighted by molar-refractivity contribution is 5.22. The lowest BCUT2D eigenvalue weighted by Crippen LogP contribution is -2.26. The van der Waals surface area contributed by atoms with Crippen molar-refractivity contribution < 1.29 is 0 Å². The summed E-state index contributed by atoms with van der Waals surface area (Å²) in [4.78, 5) is 0. The molecule has 0 heterocycles. The molecule has 4 fully saturated rings. The van der Waals surface area contributed by atoms with Crippen molar-refractivity contribution in [3.05, 3.63) is 48.6 Å². The zero-order valence-electron chi connectivity index (χ0n) is 55.2. The van der Waals surface area contributed by atoms with E-state index in [0.29, 0.717) is 27.1 Å². The Labute approximate surface area is 448 Å². The molecule has 4 saturated carbocycles. The van der Waals surface area contributed by atoms with E-state index >= 15 is 0 Å². The van der Waals surface area contributed by atoms with E-state index < -0.39 is 0 Å². The van der Waals surface area contributed by atoms with Gasteiger partial charge in [0.05, 0.1) is 0 Å². The molecule has 0 spiro atoms. The first-order valence-corrected chi connectivity index (χ1v) is 30.1. The van der Waals surface area contributed by atoms with Gasteiger partial charge in [-0.3, -0.25) is 0 Å². The van der Waals surface area contributed by atoms with Gasteiger partial charge in [-0.15, -0.1) is 6.58 Å². The molecule has 69 heavy (non-hydrogen) atoms. The molecule has 5 rings (SSSR count). The van der Waals surface area contributed by atoms with Gasteiger partial charge in [-0.1, -0.05) is 317 Å². The summed E-state index contributed by atoms with van der Waals surface area (Å²) in [5.74, 6) is 5.81. The van der Waals surface area contributed by atoms with Gasteiger partial charge < -0.3 is 0 Å². The normalized spacial score (nSPS) is 14.9. The summed E-state index contributed by atoms with van der Waals surface area (Å²) < 4.78 is 0. The zero-order valence-corrected chi connectivity index (χ0v) is 55.2. The molecule has 0 amide bonds. The van der Waals surface area contributed by atoms with Crippen molar-refractivity contribution >= 4 is 0 Å². The molecule has 426 valence electrons. The standard InChI is InChI=1S/C10H20.C10H14.C9H18.C8H16.C7H14.C5H12.C4H10.C3H6.6C2H6.CH4/c2*1-10(2,3)9-7-5-4-6-8-9;1-9(2,3)8-6-4-5-7-8;1-8(2,3)7-5-4-6-7;1-7(2,3)6-4-5-6;1-4-5(2)3;1-4(2)3;1-3-2;6*1-2;/h9H,4-8H2,1-3H3;4-8H,1-3H3;8H,4-7H2,1-3H3;7H,4-6H2,1-3H3;6H,4-5H2,1-3H3;5H,4H2,1-3H3;4H,1-3H3;3H,1H2,2H3;6*1-2H3;1H4. The second-order valence-corrected chi connectivity index (χ2v) is 24.2. The Balaban J connectivity index is -0.0000000709. The lowest BCUT2D eigenvalue weighted by molar-refractivity contribution is 0.141. The Bertz CT molecular complexity index is 981. The average Bonchev–Trinajstić information content (AvgIpc) is 3.99. The van der Waals surface area contributed by atoms with E-state index in [4.69, 9.17) is 0 Å². The van der Waals surface area contributed by atoms with Crippen LogP contribution < -0.4 is 0 Å². The summed E-state index contributed by atoms with van der Waals surface area (Å²) in [5.41, 5.74) is 4.05. The van der Waals surface area contributed by atoms with Crippen LogP contribution in [0.5, 0.6) is 0 Å². The number of hydrogen-bond acceptors (Lipinski definition) is 0. The number of rotatable bonds is 1. The summed E-state index contributed by atoms with van der Waals surface area (Å²) in [6.45, 7) is 77.3. The Kier molecular flexibility index (Phi) is 76.1. The molecular formula is C69H150. The third-order valence-corrected chi connectivity index (χ3v) is 12.0. The first-order valence-electron chi connectivity index (χ1n) is 30.1. The van der Waals surface area contributed by atoms with Gasteiger partial charge in [0.25, 0.3) is 0 Å². The second kappa shape index (κ2) is 57.9. The van der Waals surface area contributed by atoms with Gasteiger partial charge in [-0.05, 0) is 126 Å². The fourth-order valence-corrected chi connectivity index (χ4v) is 6.92. The van der Waals surface area contributed by atoms with E-state index in [-0.39, 0.29) is 7.43 Å². The van der Waals surface area contributed by atoms with Crippen LogP contribution in [-0.4, -0.2) is 0 Å². The van der Waals surface area contributed by atoms with Gasteiger partial charge in [0.1, 0.15) is 0 Å². The van der Waals surface area contributed by atoms with E-state index in [1.807, 2.05) is 90.0 Å². The summed E-state index contributed by atoms with van der Waals surface area (Å²) in [7, 11) is 0. The lowest BCUT2D eigenvalue weighted by atomic mass is 9.69. The Morgan fingerprint density at radius 2 is 0.609 bits per heavy atom. The van der Waals surface area contributed by atoms with Gasteiger partial charge in [0.15, 0.2) is 0 Å². The topological polar surface area (TPSA) is 0 Å². The molecule has 0 saturated heterocycles. The van der Waals surface area contributed by atoms with E-state index in [1.54, 1.807) is 6.08 Å². The SMILES string of the molecule is C.C=CC.CC.CC.CC.CC.CC.CC.CC(C)(C)C1CC1.CC(C)(C)C1CCC1.CC(C)(C)C1CCCC1.CC(C)(C)C1CCCCC1.CC(C)(C)c1ccccc1.CC(C)C.CCC(C)C. The van der Waals surface area contributed by atoms with Gasteiger partial charge in [0.2, 0.25) is 0 Å². The van der Waals surface area contributed by atoms with Crippen molar-refractivity contribution in [1.82, 2.24) is 0 Å². The van der Waals surface area contributed by atoms with Crippen LogP contribution in [0.25, 0.3) is 0 Å². The summed E-state index contributed by atoms with van der Waals surface area (Å²) in [6, 6.07) is 10.6. The monoisotopic (exact) mass is 979 g/mol. The van der Waals surface area contributed by atoms with Crippen molar-refractivity contribution in [3.63, 3.8) is 0 Å². The van der Waals surface area contributed by atoms with Crippen molar-refractivity contribution in [2.45, 2.75) is 345 Å². The third-order valence-electron chi connectivity index (χ3n) is 12.0. The quantitative estimate of drug-likeness (QED) is 0.246. The molecule has 0 heteroatoms.